The fourth-order valence-electron chi connectivity index (χ4n) is 2.74. The molecule has 1 saturated heterocycles. The fraction of sp³-hybridized carbons (Fsp3) is 0.190. The molecule has 0 radical (unpaired) electrons. The lowest BCUT2D eigenvalue weighted by Crippen LogP contribution is -2.54. The number of imide groups is 2. The van der Waals surface area contributed by atoms with Gasteiger partial charge in [-0.3, -0.25) is 14.9 Å². The van der Waals surface area contributed by atoms with Gasteiger partial charge in [0.1, 0.15) is 17.1 Å². The van der Waals surface area contributed by atoms with Crippen LogP contribution in [0.2, 0.25) is 5.02 Å². The first-order valence-electron chi connectivity index (χ1n) is 8.92. The van der Waals surface area contributed by atoms with E-state index in [2.05, 4.69) is 5.32 Å². The average molecular weight is 415 g/mol. The van der Waals surface area contributed by atoms with Crippen LogP contribution in [0.4, 0.5) is 10.5 Å². The maximum atomic E-state index is 13.0. The minimum atomic E-state index is -0.823. The monoisotopic (exact) mass is 414 g/mol. The molecule has 1 fully saturated rings. The first-order chi connectivity index (χ1) is 13.9. The maximum Gasteiger partial charge on any atom is 0.335 e. The van der Waals surface area contributed by atoms with E-state index in [1.807, 2.05) is 6.92 Å². The fourth-order valence-corrected chi connectivity index (χ4v) is 2.86. The number of nitrogens with zero attached hydrogens (tertiary/aromatic N) is 1. The second-order valence-electron chi connectivity index (χ2n) is 6.19. The Morgan fingerprint density at radius 1 is 1.10 bits per heavy atom. The molecule has 2 aromatic rings. The van der Waals surface area contributed by atoms with Crippen molar-refractivity contribution < 1.29 is 23.9 Å². The van der Waals surface area contributed by atoms with E-state index in [1.54, 1.807) is 30.3 Å². The Hall–Kier alpha value is -3.32. The van der Waals surface area contributed by atoms with Gasteiger partial charge in [0, 0.05) is 16.7 Å². The molecule has 0 aliphatic carbocycles. The molecule has 8 heteroatoms. The Kier molecular flexibility index (Phi) is 6.19. The van der Waals surface area contributed by atoms with E-state index < -0.39 is 17.8 Å². The molecule has 0 aromatic heterocycles. The van der Waals surface area contributed by atoms with Crippen molar-refractivity contribution >= 4 is 41.2 Å². The number of hydrogen-bond acceptors (Lipinski definition) is 5. The number of urea groups is 1. The number of hydrogen-bond donors (Lipinski definition) is 1. The van der Waals surface area contributed by atoms with E-state index >= 15 is 0 Å². The molecule has 1 aliphatic heterocycles. The van der Waals surface area contributed by atoms with Crippen molar-refractivity contribution in [2.45, 2.75) is 13.3 Å². The smallest absolute Gasteiger partial charge is 0.335 e. The van der Waals surface area contributed by atoms with E-state index in [0.717, 1.165) is 11.3 Å². The third kappa shape index (κ3) is 4.41. The highest BCUT2D eigenvalue weighted by Crippen LogP contribution is 2.29. The van der Waals surface area contributed by atoms with Crippen molar-refractivity contribution in [1.29, 1.82) is 0 Å². The van der Waals surface area contributed by atoms with Crippen LogP contribution in [-0.2, 0) is 9.59 Å². The molecule has 1 N–H and O–H groups in total. The minimum Gasteiger partial charge on any atom is -0.497 e. The molecule has 2 aromatic carbocycles. The van der Waals surface area contributed by atoms with E-state index in [1.165, 1.54) is 25.3 Å². The number of ether oxygens (including phenoxy) is 2. The van der Waals surface area contributed by atoms with Crippen LogP contribution >= 0.6 is 11.6 Å². The molecule has 0 saturated carbocycles. The molecular weight excluding hydrogens is 396 g/mol. The molecule has 1 aliphatic rings. The van der Waals surface area contributed by atoms with Gasteiger partial charge in [0.05, 0.1) is 19.4 Å². The van der Waals surface area contributed by atoms with Crippen LogP contribution in [0.3, 0.4) is 0 Å². The summed E-state index contributed by atoms with van der Waals surface area (Å²) in [7, 11) is 1.53. The van der Waals surface area contributed by atoms with Gasteiger partial charge < -0.3 is 9.47 Å². The molecule has 0 atom stereocenters. The van der Waals surface area contributed by atoms with Gasteiger partial charge in [0.2, 0.25) is 0 Å². The third-order valence-electron chi connectivity index (χ3n) is 4.17. The summed E-state index contributed by atoms with van der Waals surface area (Å²) in [6, 6.07) is 10.4. The summed E-state index contributed by atoms with van der Waals surface area (Å²) in [6.07, 6.45) is 2.18. The van der Waals surface area contributed by atoms with E-state index in [0.29, 0.717) is 34.4 Å². The van der Waals surface area contributed by atoms with Crippen molar-refractivity contribution in [3.8, 4) is 11.5 Å². The number of rotatable bonds is 6. The third-order valence-corrected chi connectivity index (χ3v) is 4.42. The van der Waals surface area contributed by atoms with E-state index in [9.17, 15) is 14.4 Å². The Morgan fingerprint density at radius 2 is 1.83 bits per heavy atom. The second kappa shape index (κ2) is 8.79. The molecule has 0 spiro atoms. The average Bonchev–Trinajstić information content (AvgIpc) is 2.71. The van der Waals surface area contributed by atoms with Gasteiger partial charge in [-0.1, -0.05) is 18.5 Å². The number of amides is 4. The zero-order valence-corrected chi connectivity index (χ0v) is 16.7. The van der Waals surface area contributed by atoms with Crippen LogP contribution < -0.4 is 19.7 Å². The number of carbonyl (C=O) groups is 3. The number of methoxy groups -OCH3 is 1. The number of halogens is 1. The summed E-state index contributed by atoms with van der Waals surface area (Å²) in [5, 5.41) is 2.65. The standard InChI is InChI=1S/C21H19ClN2O5/c1-3-10-29-18-12-16(28-2)9-4-13(18)11-17-19(25)23-21(27)24(20(17)26)15-7-5-14(22)6-8-15/h4-9,11-12H,3,10H2,1-2H3,(H,23,25,27)/b17-11+. The highest BCUT2D eigenvalue weighted by molar-refractivity contribution is 6.39. The number of anilines is 1. The minimum absolute atomic E-state index is 0.189. The van der Waals surface area contributed by atoms with Crippen LogP contribution in [0.15, 0.2) is 48.0 Å². The highest BCUT2D eigenvalue weighted by atomic mass is 35.5. The van der Waals surface area contributed by atoms with Crippen LogP contribution in [0.5, 0.6) is 11.5 Å². The molecule has 29 heavy (non-hydrogen) atoms. The second-order valence-corrected chi connectivity index (χ2v) is 6.62. The van der Waals surface area contributed by atoms with Crippen molar-refractivity contribution in [2.75, 3.05) is 18.6 Å². The zero-order valence-electron chi connectivity index (χ0n) is 15.9. The molecule has 1 heterocycles. The summed E-state index contributed by atoms with van der Waals surface area (Å²) in [6.45, 7) is 2.42. The van der Waals surface area contributed by atoms with Gasteiger partial charge in [-0.15, -0.1) is 0 Å². The molecule has 3 rings (SSSR count). The summed E-state index contributed by atoms with van der Waals surface area (Å²) in [4.78, 5) is 38.5. The lowest BCUT2D eigenvalue weighted by atomic mass is 10.1. The number of carbonyl (C=O) groups excluding carboxylic acids is 3. The van der Waals surface area contributed by atoms with Crippen molar-refractivity contribution in [1.82, 2.24) is 5.32 Å². The van der Waals surface area contributed by atoms with Gasteiger partial charge in [-0.25, -0.2) is 9.69 Å². The lowest BCUT2D eigenvalue weighted by Gasteiger charge is -2.26. The van der Waals surface area contributed by atoms with E-state index in [-0.39, 0.29) is 5.57 Å². The van der Waals surface area contributed by atoms with Crippen LogP contribution in [0.25, 0.3) is 6.08 Å². The Labute approximate surface area is 172 Å². The molecule has 0 unspecified atom stereocenters. The van der Waals surface area contributed by atoms with Gasteiger partial charge in [0.15, 0.2) is 0 Å². The normalized spacial score (nSPS) is 15.5. The Morgan fingerprint density at radius 3 is 2.48 bits per heavy atom. The van der Waals surface area contributed by atoms with Gasteiger partial charge >= 0.3 is 6.03 Å². The van der Waals surface area contributed by atoms with Crippen molar-refractivity contribution in [3.63, 3.8) is 0 Å². The molecule has 0 bridgehead atoms. The molecular formula is C21H19ClN2O5. The summed E-state index contributed by atoms with van der Waals surface area (Å²) in [5.41, 5.74) is 0.627. The molecule has 4 amide bonds. The van der Waals surface area contributed by atoms with Crippen LogP contribution in [0.1, 0.15) is 18.9 Å². The van der Waals surface area contributed by atoms with Crippen LogP contribution in [-0.4, -0.2) is 31.6 Å². The van der Waals surface area contributed by atoms with Gasteiger partial charge in [0.25, 0.3) is 11.8 Å². The Bertz CT molecular complexity index is 985. The summed E-state index contributed by atoms with van der Waals surface area (Å²) in [5.74, 6) is -0.467. The first-order valence-corrected chi connectivity index (χ1v) is 9.30. The number of benzene rings is 2. The van der Waals surface area contributed by atoms with Crippen LogP contribution in [0, 0.1) is 0 Å². The SMILES string of the molecule is CCCOc1cc(OC)ccc1/C=C1\C(=O)NC(=O)N(c2ccc(Cl)cc2)C1=O. The topological polar surface area (TPSA) is 84.9 Å². The molecule has 150 valence electrons. The predicted octanol–water partition coefficient (Wildman–Crippen LogP) is 3.80. The maximum absolute atomic E-state index is 13.0. The quantitative estimate of drug-likeness (QED) is 0.574. The number of barbiturate groups is 1. The highest BCUT2D eigenvalue weighted by Gasteiger charge is 2.37. The Balaban J connectivity index is 2.01. The van der Waals surface area contributed by atoms with Crippen molar-refractivity contribution in [2.24, 2.45) is 0 Å². The van der Waals surface area contributed by atoms with Crippen molar-refractivity contribution in [3.05, 3.63) is 58.6 Å². The largest absolute Gasteiger partial charge is 0.497 e. The van der Waals surface area contributed by atoms with Gasteiger partial charge in [-0.05, 0) is 48.9 Å². The summed E-state index contributed by atoms with van der Waals surface area (Å²) >= 11 is 5.87. The predicted molar refractivity (Wildman–Crippen MR) is 109 cm³/mol. The van der Waals surface area contributed by atoms with E-state index in [4.69, 9.17) is 21.1 Å². The molecule has 7 nitrogen and oxygen atoms in total. The summed E-state index contributed by atoms with van der Waals surface area (Å²) < 4.78 is 10.9. The van der Waals surface area contributed by atoms with Gasteiger partial charge in [-0.2, -0.15) is 0 Å². The lowest BCUT2D eigenvalue weighted by molar-refractivity contribution is -0.122. The number of nitrogens with one attached hydrogen (secondary N) is 1. The zero-order chi connectivity index (χ0) is 21.0. The first kappa shape index (κ1) is 20.4.